The van der Waals surface area contributed by atoms with Crippen LogP contribution in [0.4, 0.5) is 0 Å². The molecule has 8 heteroatoms. The lowest BCUT2D eigenvalue weighted by Gasteiger charge is -2.07. The number of ether oxygens (including phenoxy) is 3. The Bertz CT molecular complexity index is 269. The number of hydrogen-bond acceptors (Lipinski definition) is 6. The summed E-state index contributed by atoms with van der Waals surface area (Å²) in [5, 5.41) is 2.27. The zero-order valence-corrected chi connectivity index (χ0v) is 10.7. The third kappa shape index (κ3) is 6.88. The molecule has 1 aromatic rings. The van der Waals surface area contributed by atoms with Gasteiger partial charge in [0.15, 0.2) is 0 Å². The summed E-state index contributed by atoms with van der Waals surface area (Å²) in [6, 6.07) is 0.513. The molecule has 17 heavy (non-hydrogen) atoms. The molecule has 0 radical (unpaired) electrons. The number of morpholine rings is 1. The first-order valence-corrected chi connectivity index (χ1v) is 5.03. The van der Waals surface area contributed by atoms with Crippen molar-refractivity contribution in [2.75, 3.05) is 40.5 Å². The molecule has 2 heterocycles. The molecule has 0 spiro atoms. The van der Waals surface area contributed by atoms with E-state index < -0.39 is 0 Å². The van der Waals surface area contributed by atoms with E-state index in [4.69, 9.17) is 14.2 Å². The fourth-order valence-corrected chi connectivity index (χ4v) is 1.04. The first-order valence-electron chi connectivity index (χ1n) is 5.03. The van der Waals surface area contributed by atoms with Crippen molar-refractivity contribution < 1.29 is 31.9 Å². The minimum atomic E-state index is 0. The van der Waals surface area contributed by atoms with Crippen LogP contribution in [-0.4, -0.2) is 55.5 Å². The molecule has 0 saturated carbocycles. The van der Waals surface area contributed by atoms with Gasteiger partial charge < -0.3 is 31.9 Å². The van der Waals surface area contributed by atoms with Crippen LogP contribution in [0.15, 0.2) is 6.33 Å². The van der Waals surface area contributed by atoms with Gasteiger partial charge in [0.05, 0.1) is 40.5 Å². The van der Waals surface area contributed by atoms with Crippen molar-refractivity contribution >= 4 is 0 Å². The molecule has 2 N–H and O–H groups in total. The van der Waals surface area contributed by atoms with E-state index in [0.29, 0.717) is 0 Å². The van der Waals surface area contributed by atoms with Gasteiger partial charge in [0.2, 0.25) is 0 Å². The summed E-state index contributed by atoms with van der Waals surface area (Å²) in [6.07, 6.45) is 1.32. The number of rotatable bonds is 2. The second kappa shape index (κ2) is 10.0. The highest BCUT2D eigenvalue weighted by molar-refractivity contribution is 4.98. The Morgan fingerprint density at radius 1 is 1.12 bits per heavy atom. The van der Waals surface area contributed by atoms with Crippen molar-refractivity contribution in [3.05, 3.63) is 6.33 Å². The molecule has 0 amide bonds. The quantitative estimate of drug-likeness (QED) is 0.580. The molecule has 0 atom stereocenters. The highest BCUT2D eigenvalue weighted by atomic mass is 35.5. The van der Waals surface area contributed by atoms with Crippen LogP contribution < -0.4 is 27.2 Å². The van der Waals surface area contributed by atoms with Gasteiger partial charge in [-0.2, -0.15) is 9.97 Å². The normalized spacial score (nSPS) is 13.8. The molecule has 0 unspecified atom stereocenters. The Balaban J connectivity index is 0.000000316. The maximum Gasteiger partial charge on any atom is 0.322 e. The molecule has 1 aliphatic rings. The number of quaternary nitrogens is 1. The molecule has 7 nitrogen and oxygen atoms in total. The fourth-order valence-electron chi connectivity index (χ4n) is 1.04. The van der Waals surface area contributed by atoms with Crippen LogP contribution in [0.2, 0.25) is 0 Å². The van der Waals surface area contributed by atoms with Crippen LogP contribution in [0.1, 0.15) is 0 Å². The Hall–Kier alpha value is -1.18. The summed E-state index contributed by atoms with van der Waals surface area (Å²) < 4.78 is 14.5. The Morgan fingerprint density at radius 3 is 1.94 bits per heavy atom. The number of halogens is 1. The van der Waals surface area contributed by atoms with E-state index in [0.717, 1.165) is 26.3 Å². The van der Waals surface area contributed by atoms with Gasteiger partial charge in [-0.3, -0.25) is 0 Å². The van der Waals surface area contributed by atoms with Gasteiger partial charge in [-0.1, -0.05) is 0 Å². The van der Waals surface area contributed by atoms with Gasteiger partial charge in [0.1, 0.15) is 6.33 Å². The maximum absolute atomic E-state index is 5.04. The van der Waals surface area contributed by atoms with Gasteiger partial charge in [-0.25, -0.2) is 0 Å². The van der Waals surface area contributed by atoms with E-state index in [1.165, 1.54) is 20.5 Å². The minimum absolute atomic E-state index is 0. The third-order valence-electron chi connectivity index (χ3n) is 1.83. The number of methoxy groups -OCH3 is 2. The molecule has 2 rings (SSSR count). The molecular weight excluding hydrogens is 248 g/mol. The molecule has 1 aliphatic heterocycles. The predicted octanol–water partition coefficient (Wildman–Crippen LogP) is -4.53. The second-order valence-corrected chi connectivity index (χ2v) is 2.94. The lowest BCUT2D eigenvalue weighted by Crippen LogP contribution is -3.00. The molecule has 1 aromatic heterocycles. The van der Waals surface area contributed by atoms with E-state index in [9.17, 15) is 0 Å². The average molecular weight is 265 g/mol. The van der Waals surface area contributed by atoms with Gasteiger partial charge >= 0.3 is 12.0 Å². The molecule has 1 fully saturated rings. The van der Waals surface area contributed by atoms with Crippen LogP contribution in [0.3, 0.4) is 0 Å². The van der Waals surface area contributed by atoms with Crippen molar-refractivity contribution in [1.29, 1.82) is 0 Å². The maximum atomic E-state index is 5.04. The molecule has 0 aromatic carbocycles. The SMILES string of the molecule is C1COCC[NH2+]1.COc1ncnc(OC)n1.[Cl-]. The van der Waals surface area contributed by atoms with Crippen LogP contribution in [0, 0.1) is 0 Å². The van der Waals surface area contributed by atoms with Crippen LogP contribution in [-0.2, 0) is 4.74 Å². The summed E-state index contributed by atoms with van der Waals surface area (Å²) in [4.78, 5) is 11.1. The predicted molar refractivity (Wildman–Crippen MR) is 55.4 cm³/mol. The third-order valence-corrected chi connectivity index (χ3v) is 1.83. The Labute approximate surface area is 106 Å². The molecule has 0 bridgehead atoms. The largest absolute Gasteiger partial charge is 1.00 e. The average Bonchev–Trinajstić information content (AvgIpc) is 2.41. The zero-order chi connectivity index (χ0) is 11.6. The molecular formula is C9H17ClN4O3. The van der Waals surface area contributed by atoms with Gasteiger partial charge in [0, 0.05) is 0 Å². The second-order valence-electron chi connectivity index (χ2n) is 2.94. The van der Waals surface area contributed by atoms with Crippen LogP contribution in [0.5, 0.6) is 12.0 Å². The topological polar surface area (TPSA) is 83.0 Å². The summed E-state index contributed by atoms with van der Waals surface area (Å²) in [5.74, 6) is 0. The minimum Gasteiger partial charge on any atom is -1.00 e. The molecule has 0 aliphatic carbocycles. The highest BCUT2D eigenvalue weighted by Crippen LogP contribution is 2.03. The smallest absolute Gasteiger partial charge is 0.322 e. The number of aromatic nitrogens is 3. The van der Waals surface area contributed by atoms with Gasteiger partial charge in [-0.05, 0) is 0 Å². The lowest BCUT2D eigenvalue weighted by atomic mass is 10.5. The highest BCUT2D eigenvalue weighted by Gasteiger charge is 1.97. The lowest BCUT2D eigenvalue weighted by molar-refractivity contribution is -0.670. The first-order chi connectivity index (χ1) is 7.86. The van der Waals surface area contributed by atoms with E-state index in [2.05, 4.69) is 20.3 Å². The number of nitrogens with two attached hydrogens (primary N) is 1. The van der Waals surface area contributed by atoms with Crippen molar-refractivity contribution in [2.45, 2.75) is 0 Å². The van der Waals surface area contributed by atoms with E-state index in [1.807, 2.05) is 0 Å². The van der Waals surface area contributed by atoms with Crippen LogP contribution >= 0.6 is 0 Å². The van der Waals surface area contributed by atoms with Gasteiger partial charge in [0.25, 0.3) is 0 Å². The van der Waals surface area contributed by atoms with Crippen molar-refractivity contribution in [1.82, 2.24) is 15.0 Å². The van der Waals surface area contributed by atoms with E-state index >= 15 is 0 Å². The number of hydrogen-bond donors (Lipinski definition) is 1. The summed E-state index contributed by atoms with van der Waals surface area (Å²) >= 11 is 0. The fraction of sp³-hybridized carbons (Fsp3) is 0.667. The Morgan fingerprint density at radius 2 is 1.65 bits per heavy atom. The van der Waals surface area contributed by atoms with Gasteiger partial charge in [-0.15, -0.1) is 4.98 Å². The van der Waals surface area contributed by atoms with Crippen molar-refractivity contribution in [2.24, 2.45) is 0 Å². The van der Waals surface area contributed by atoms with Crippen molar-refractivity contribution in [3.63, 3.8) is 0 Å². The summed E-state index contributed by atoms with van der Waals surface area (Å²) in [5.41, 5.74) is 0. The van der Waals surface area contributed by atoms with Crippen molar-refractivity contribution in [3.8, 4) is 12.0 Å². The zero-order valence-electron chi connectivity index (χ0n) is 9.93. The summed E-state index contributed by atoms with van der Waals surface area (Å²) in [6.45, 7) is 4.19. The van der Waals surface area contributed by atoms with E-state index in [-0.39, 0.29) is 24.4 Å². The Kier molecular flexibility index (Phi) is 9.31. The van der Waals surface area contributed by atoms with E-state index in [1.54, 1.807) is 0 Å². The van der Waals surface area contributed by atoms with Crippen LogP contribution in [0.25, 0.3) is 0 Å². The standard InChI is InChI=1S/C5H7N3O2.C4H9NO.ClH/c1-9-4-6-3-7-5(8-4)10-2;1-3-6-4-2-5-1;/h3H,1-2H3;5H,1-4H2;1H. The monoisotopic (exact) mass is 264 g/mol. The summed E-state index contributed by atoms with van der Waals surface area (Å²) in [7, 11) is 2.96. The first kappa shape index (κ1) is 15.8. The number of nitrogens with zero attached hydrogens (tertiary/aromatic N) is 3. The molecule has 1 saturated heterocycles. The molecule has 98 valence electrons.